The number of nitrogens with zero attached hydrogens (tertiary/aromatic N) is 4. The Morgan fingerprint density at radius 1 is 1.19 bits per heavy atom. The summed E-state index contributed by atoms with van der Waals surface area (Å²) in [6, 6.07) is 10.1. The molecule has 0 radical (unpaired) electrons. The van der Waals surface area contributed by atoms with Crippen LogP contribution < -0.4 is 5.32 Å². The van der Waals surface area contributed by atoms with E-state index in [1.807, 2.05) is 63.0 Å². The monoisotopic (exact) mass is 369 g/mol. The van der Waals surface area contributed by atoms with Crippen LogP contribution in [0.15, 0.2) is 41.7 Å². The van der Waals surface area contributed by atoms with Gasteiger partial charge in [-0.05, 0) is 43.2 Å². The van der Waals surface area contributed by atoms with Gasteiger partial charge in [-0.2, -0.15) is 0 Å². The summed E-state index contributed by atoms with van der Waals surface area (Å²) in [5.41, 5.74) is 4.21. The molecule has 2 heterocycles. The highest BCUT2D eigenvalue weighted by Gasteiger charge is 2.13. The van der Waals surface area contributed by atoms with Crippen molar-refractivity contribution in [2.75, 3.05) is 11.1 Å². The van der Waals surface area contributed by atoms with E-state index in [9.17, 15) is 4.79 Å². The molecule has 0 saturated heterocycles. The van der Waals surface area contributed by atoms with Crippen LogP contribution in [0.25, 0.3) is 0 Å². The second-order valence-electron chi connectivity index (χ2n) is 6.40. The minimum Gasteiger partial charge on any atom is -0.354 e. The molecule has 0 atom stereocenters. The van der Waals surface area contributed by atoms with Crippen molar-refractivity contribution in [2.24, 2.45) is 14.1 Å². The van der Waals surface area contributed by atoms with Gasteiger partial charge in [-0.15, -0.1) is 10.2 Å². The number of aryl methyl sites for hydroxylation is 3. The van der Waals surface area contributed by atoms with Gasteiger partial charge in [-0.1, -0.05) is 23.9 Å². The first-order valence-electron chi connectivity index (χ1n) is 8.42. The van der Waals surface area contributed by atoms with Gasteiger partial charge in [0.05, 0.1) is 5.75 Å². The molecule has 26 heavy (non-hydrogen) atoms. The number of aromatic nitrogens is 4. The lowest BCUT2D eigenvalue weighted by molar-refractivity contribution is -0.113. The number of hydrogen-bond donors (Lipinski definition) is 1. The first-order valence-corrected chi connectivity index (χ1v) is 9.41. The summed E-state index contributed by atoms with van der Waals surface area (Å²) < 4.78 is 4.02. The van der Waals surface area contributed by atoms with Gasteiger partial charge in [0.2, 0.25) is 5.91 Å². The average Bonchev–Trinajstić information content (AvgIpc) is 3.16. The van der Waals surface area contributed by atoms with Crippen LogP contribution in [-0.2, 0) is 25.3 Å². The lowest BCUT2D eigenvalue weighted by atomic mass is 10.1. The minimum absolute atomic E-state index is 0.0457. The zero-order valence-electron chi connectivity index (χ0n) is 15.5. The number of anilines is 1. The number of amides is 1. The Kier molecular flexibility index (Phi) is 5.46. The molecule has 0 saturated carbocycles. The van der Waals surface area contributed by atoms with Crippen molar-refractivity contribution in [3.63, 3.8) is 0 Å². The Bertz CT molecular complexity index is 928. The molecule has 0 aliphatic carbocycles. The minimum atomic E-state index is -0.0457. The predicted octanol–water partition coefficient (Wildman–Crippen LogP) is 3.09. The lowest BCUT2D eigenvalue weighted by Gasteiger charge is -2.09. The summed E-state index contributed by atoms with van der Waals surface area (Å²) in [5, 5.41) is 12.2. The number of thioether (sulfide) groups is 1. The Morgan fingerprint density at radius 2 is 2.00 bits per heavy atom. The second kappa shape index (κ2) is 7.78. The van der Waals surface area contributed by atoms with Gasteiger partial charge in [0.25, 0.3) is 0 Å². The summed E-state index contributed by atoms with van der Waals surface area (Å²) >= 11 is 1.39. The Morgan fingerprint density at radius 3 is 2.73 bits per heavy atom. The molecule has 1 amide bonds. The van der Waals surface area contributed by atoms with Gasteiger partial charge in [-0.3, -0.25) is 4.79 Å². The number of hydrogen-bond acceptors (Lipinski definition) is 4. The van der Waals surface area contributed by atoms with Crippen molar-refractivity contribution in [3.05, 3.63) is 59.2 Å². The van der Waals surface area contributed by atoms with Crippen LogP contribution in [0.5, 0.6) is 0 Å². The molecule has 0 spiro atoms. The lowest BCUT2D eigenvalue weighted by Crippen LogP contribution is -2.15. The van der Waals surface area contributed by atoms with Crippen LogP contribution in [0.2, 0.25) is 0 Å². The maximum Gasteiger partial charge on any atom is 0.234 e. The maximum absolute atomic E-state index is 12.3. The third-order valence-electron chi connectivity index (χ3n) is 4.32. The van der Waals surface area contributed by atoms with Crippen LogP contribution in [0.3, 0.4) is 0 Å². The van der Waals surface area contributed by atoms with Crippen molar-refractivity contribution >= 4 is 23.4 Å². The van der Waals surface area contributed by atoms with Crippen molar-refractivity contribution in [2.45, 2.75) is 25.4 Å². The molecule has 7 heteroatoms. The first kappa shape index (κ1) is 18.3. The van der Waals surface area contributed by atoms with Gasteiger partial charge >= 0.3 is 0 Å². The molecule has 1 N–H and O–H groups in total. The van der Waals surface area contributed by atoms with Crippen LogP contribution in [0.4, 0.5) is 5.69 Å². The van der Waals surface area contributed by atoms with Gasteiger partial charge < -0.3 is 14.5 Å². The van der Waals surface area contributed by atoms with E-state index in [0.717, 1.165) is 27.8 Å². The normalized spacial score (nSPS) is 10.9. The van der Waals surface area contributed by atoms with Crippen molar-refractivity contribution in [1.82, 2.24) is 19.3 Å². The quantitative estimate of drug-likeness (QED) is 0.678. The zero-order valence-corrected chi connectivity index (χ0v) is 16.3. The number of carbonyl (C=O) groups is 1. The van der Waals surface area contributed by atoms with Gasteiger partial charge in [-0.25, -0.2) is 0 Å². The van der Waals surface area contributed by atoms with Crippen LogP contribution >= 0.6 is 11.8 Å². The molecule has 0 unspecified atom stereocenters. The summed E-state index contributed by atoms with van der Waals surface area (Å²) in [6.07, 6.45) is 2.72. The SMILES string of the molecule is Cc1ccc(C)c(NC(=O)CSc2nnc(Cc3cccn3C)n2C)c1. The molecule has 0 aliphatic heterocycles. The molecular weight excluding hydrogens is 346 g/mol. The third-order valence-corrected chi connectivity index (χ3v) is 5.34. The third kappa shape index (κ3) is 4.16. The van der Waals surface area contributed by atoms with Gasteiger partial charge in [0.15, 0.2) is 5.16 Å². The fourth-order valence-corrected chi connectivity index (χ4v) is 3.38. The molecule has 3 rings (SSSR count). The first-order chi connectivity index (χ1) is 12.4. The fraction of sp³-hybridized carbons (Fsp3) is 0.316. The van der Waals surface area contributed by atoms with E-state index in [2.05, 4.69) is 26.1 Å². The predicted molar refractivity (Wildman–Crippen MR) is 104 cm³/mol. The number of rotatable bonds is 6. The van der Waals surface area contributed by atoms with E-state index in [1.165, 1.54) is 17.5 Å². The van der Waals surface area contributed by atoms with Crippen molar-refractivity contribution < 1.29 is 4.79 Å². The molecule has 6 nitrogen and oxygen atoms in total. The summed E-state index contributed by atoms with van der Waals surface area (Å²) in [7, 11) is 3.95. The highest BCUT2D eigenvalue weighted by molar-refractivity contribution is 7.99. The van der Waals surface area contributed by atoms with Crippen LogP contribution in [0, 0.1) is 13.8 Å². The molecule has 0 bridgehead atoms. The highest BCUT2D eigenvalue weighted by atomic mass is 32.2. The molecule has 3 aromatic rings. The van der Waals surface area contributed by atoms with Crippen molar-refractivity contribution in [1.29, 1.82) is 0 Å². The number of benzene rings is 1. The van der Waals surface area contributed by atoms with Gasteiger partial charge in [0, 0.05) is 38.1 Å². The zero-order chi connectivity index (χ0) is 18.7. The molecule has 2 aromatic heterocycles. The smallest absolute Gasteiger partial charge is 0.234 e. The molecule has 0 fully saturated rings. The van der Waals surface area contributed by atoms with E-state index in [4.69, 9.17) is 0 Å². The topological polar surface area (TPSA) is 64.7 Å². The standard InChI is InChI=1S/C19H23N5OS/c1-13-7-8-14(2)16(10-13)20-18(25)12-26-19-22-21-17(24(19)4)11-15-6-5-9-23(15)3/h5-10H,11-12H2,1-4H3,(H,20,25). The van der Waals surface area contributed by atoms with Gasteiger partial charge in [0.1, 0.15) is 5.82 Å². The Balaban J connectivity index is 1.60. The number of carbonyl (C=O) groups excluding carboxylic acids is 1. The summed E-state index contributed by atoms with van der Waals surface area (Å²) in [4.78, 5) is 12.3. The van der Waals surface area contributed by atoms with E-state index in [-0.39, 0.29) is 5.91 Å². The molecule has 0 aliphatic rings. The summed E-state index contributed by atoms with van der Waals surface area (Å²) in [6.45, 7) is 4.00. The van der Waals surface area contributed by atoms with E-state index < -0.39 is 0 Å². The Hall–Kier alpha value is -2.54. The average molecular weight is 369 g/mol. The summed E-state index contributed by atoms with van der Waals surface area (Å²) in [5.74, 6) is 1.13. The van der Waals surface area contributed by atoms with E-state index >= 15 is 0 Å². The van der Waals surface area contributed by atoms with E-state index in [1.54, 1.807) is 0 Å². The molecule has 136 valence electrons. The van der Waals surface area contributed by atoms with E-state index in [0.29, 0.717) is 12.2 Å². The largest absolute Gasteiger partial charge is 0.354 e. The molecular formula is C19H23N5OS. The second-order valence-corrected chi connectivity index (χ2v) is 7.34. The van der Waals surface area contributed by atoms with Crippen molar-refractivity contribution in [3.8, 4) is 0 Å². The van der Waals surface area contributed by atoms with Crippen LogP contribution in [0.1, 0.15) is 22.6 Å². The number of nitrogens with one attached hydrogen (secondary N) is 1. The Labute approximate surface area is 157 Å². The highest BCUT2D eigenvalue weighted by Crippen LogP contribution is 2.20. The molecule has 1 aromatic carbocycles. The van der Waals surface area contributed by atoms with Crippen LogP contribution in [-0.4, -0.2) is 31.0 Å². The maximum atomic E-state index is 12.3. The fourth-order valence-electron chi connectivity index (χ4n) is 2.65.